The predicted molar refractivity (Wildman–Crippen MR) is 64.2 cm³/mol. The molecule has 0 spiro atoms. The third kappa shape index (κ3) is 1.42. The van der Waals surface area contributed by atoms with E-state index >= 15 is 0 Å². The number of hydrogen-bond acceptors (Lipinski definition) is 0. The largest absolute Gasteiger partial charge is 0.0625 e. The second-order valence-electron chi connectivity index (χ2n) is 7.09. The first-order valence-corrected chi connectivity index (χ1v) is 6.13. The van der Waals surface area contributed by atoms with Crippen LogP contribution in [0.2, 0.25) is 0 Å². The van der Waals surface area contributed by atoms with Crippen molar-refractivity contribution in [1.82, 2.24) is 0 Å². The average Bonchev–Trinajstić information content (AvgIpc) is 1.77. The molecule has 1 rings (SSSR count). The fourth-order valence-electron chi connectivity index (χ4n) is 5.64. The molecule has 0 amide bonds. The molecule has 14 heavy (non-hydrogen) atoms. The fraction of sp³-hybridized carbons (Fsp3) is 1.00. The summed E-state index contributed by atoms with van der Waals surface area (Å²) in [7, 11) is 0. The molecule has 0 nitrogen and oxygen atoms in total. The monoisotopic (exact) mass is 196 g/mol. The van der Waals surface area contributed by atoms with Crippen LogP contribution in [0.3, 0.4) is 0 Å². The molecule has 0 aromatic carbocycles. The maximum absolute atomic E-state index is 2.47. The Morgan fingerprint density at radius 2 is 0.857 bits per heavy atom. The Hall–Kier alpha value is 0. The highest BCUT2D eigenvalue weighted by Gasteiger charge is 2.62. The van der Waals surface area contributed by atoms with Crippen LogP contribution in [0.1, 0.15) is 55.4 Å². The number of hydrogen-bond donors (Lipinski definition) is 0. The molecule has 0 aromatic rings. The molecule has 84 valence electrons. The minimum Gasteiger partial charge on any atom is -0.0625 e. The molecule has 0 N–H and O–H groups in total. The Bertz CT molecular complexity index is 172. The Morgan fingerprint density at radius 3 is 1.00 bits per heavy atom. The van der Waals surface area contributed by atoms with Gasteiger partial charge in [0.25, 0.3) is 0 Å². The maximum atomic E-state index is 2.47. The molecule has 0 saturated heterocycles. The van der Waals surface area contributed by atoms with Crippen molar-refractivity contribution in [2.75, 3.05) is 0 Å². The summed E-state index contributed by atoms with van der Waals surface area (Å²) in [6.07, 6.45) is 0. The zero-order chi connectivity index (χ0) is 11.3. The molecule has 0 aliphatic heterocycles. The van der Waals surface area contributed by atoms with Gasteiger partial charge in [0.2, 0.25) is 0 Å². The molecule has 0 bridgehead atoms. The van der Waals surface area contributed by atoms with Gasteiger partial charge < -0.3 is 0 Å². The second-order valence-corrected chi connectivity index (χ2v) is 7.09. The van der Waals surface area contributed by atoms with Gasteiger partial charge in [-0.25, -0.2) is 0 Å². The molecule has 1 fully saturated rings. The SMILES string of the molecule is CC(C)C1C(C)(C)C(C(C)C)C1(C)C. The Labute approximate surface area is 90.5 Å². The van der Waals surface area contributed by atoms with Crippen molar-refractivity contribution in [1.29, 1.82) is 0 Å². The lowest BCUT2D eigenvalue weighted by atomic mass is 9.37. The first-order chi connectivity index (χ1) is 6.13. The highest BCUT2D eigenvalue weighted by molar-refractivity contribution is 5.10. The standard InChI is InChI=1S/C14H28/c1-9(2)11-13(5,6)12(10(3)4)14(11,7)8/h9-12H,1-8H3. The molecule has 0 unspecified atom stereocenters. The molecular formula is C14H28. The Morgan fingerprint density at radius 1 is 0.643 bits per heavy atom. The van der Waals surface area contributed by atoms with E-state index in [1.807, 2.05) is 0 Å². The molecule has 0 heterocycles. The van der Waals surface area contributed by atoms with E-state index in [0.717, 1.165) is 23.7 Å². The molecule has 0 heteroatoms. The van der Waals surface area contributed by atoms with Gasteiger partial charge >= 0.3 is 0 Å². The van der Waals surface area contributed by atoms with Crippen LogP contribution in [0.15, 0.2) is 0 Å². The van der Waals surface area contributed by atoms with Gasteiger partial charge in [-0.2, -0.15) is 0 Å². The summed E-state index contributed by atoms with van der Waals surface area (Å²) < 4.78 is 0. The normalized spacial score (nSPS) is 34.7. The van der Waals surface area contributed by atoms with E-state index in [1.54, 1.807) is 0 Å². The Kier molecular flexibility index (Phi) is 2.80. The van der Waals surface area contributed by atoms with Crippen molar-refractivity contribution in [3.63, 3.8) is 0 Å². The fourth-order valence-corrected chi connectivity index (χ4v) is 5.64. The first-order valence-electron chi connectivity index (χ1n) is 6.13. The highest BCUT2D eigenvalue weighted by Crippen LogP contribution is 2.67. The molecule has 1 saturated carbocycles. The quantitative estimate of drug-likeness (QED) is 0.605. The zero-order valence-corrected chi connectivity index (χ0v) is 11.3. The summed E-state index contributed by atoms with van der Waals surface area (Å²) in [6, 6.07) is 0. The third-order valence-corrected chi connectivity index (χ3v) is 4.54. The van der Waals surface area contributed by atoms with Crippen molar-refractivity contribution >= 4 is 0 Å². The van der Waals surface area contributed by atoms with Gasteiger partial charge in [-0.1, -0.05) is 55.4 Å². The van der Waals surface area contributed by atoms with E-state index in [0.29, 0.717) is 10.8 Å². The minimum atomic E-state index is 0.534. The molecule has 0 atom stereocenters. The van der Waals surface area contributed by atoms with Gasteiger partial charge in [-0.05, 0) is 34.5 Å². The van der Waals surface area contributed by atoms with Crippen LogP contribution in [0.25, 0.3) is 0 Å². The summed E-state index contributed by atoms with van der Waals surface area (Å²) in [5.41, 5.74) is 1.07. The van der Waals surface area contributed by atoms with Gasteiger partial charge in [-0.3, -0.25) is 0 Å². The molecule has 0 aromatic heterocycles. The van der Waals surface area contributed by atoms with Gasteiger partial charge in [-0.15, -0.1) is 0 Å². The lowest BCUT2D eigenvalue weighted by Crippen LogP contribution is -2.62. The van der Waals surface area contributed by atoms with E-state index in [1.165, 1.54) is 0 Å². The first kappa shape index (κ1) is 12.1. The Balaban J connectivity index is 2.95. The van der Waals surface area contributed by atoms with Gasteiger partial charge in [0, 0.05) is 0 Å². The average molecular weight is 196 g/mol. The van der Waals surface area contributed by atoms with Gasteiger partial charge in [0.05, 0.1) is 0 Å². The highest BCUT2D eigenvalue weighted by atomic mass is 14.7. The summed E-state index contributed by atoms with van der Waals surface area (Å²) in [4.78, 5) is 0. The van der Waals surface area contributed by atoms with Crippen molar-refractivity contribution in [2.24, 2.45) is 34.5 Å². The van der Waals surface area contributed by atoms with Crippen LogP contribution in [0.5, 0.6) is 0 Å². The van der Waals surface area contributed by atoms with Crippen LogP contribution < -0.4 is 0 Å². The van der Waals surface area contributed by atoms with E-state index in [4.69, 9.17) is 0 Å². The summed E-state index contributed by atoms with van der Waals surface area (Å²) in [5.74, 6) is 3.38. The van der Waals surface area contributed by atoms with Gasteiger partial charge in [0.15, 0.2) is 0 Å². The lowest BCUT2D eigenvalue weighted by molar-refractivity contribution is -0.201. The smallest absolute Gasteiger partial charge is 0.0282 e. The molecule has 0 radical (unpaired) electrons. The predicted octanol–water partition coefficient (Wildman–Crippen LogP) is 4.60. The van der Waals surface area contributed by atoms with E-state index in [-0.39, 0.29) is 0 Å². The maximum Gasteiger partial charge on any atom is -0.0282 e. The second kappa shape index (κ2) is 3.25. The van der Waals surface area contributed by atoms with Crippen LogP contribution in [-0.4, -0.2) is 0 Å². The molecular weight excluding hydrogens is 168 g/mol. The van der Waals surface area contributed by atoms with Crippen LogP contribution in [-0.2, 0) is 0 Å². The van der Waals surface area contributed by atoms with Crippen molar-refractivity contribution in [3.8, 4) is 0 Å². The van der Waals surface area contributed by atoms with Crippen molar-refractivity contribution in [3.05, 3.63) is 0 Å². The van der Waals surface area contributed by atoms with Crippen molar-refractivity contribution < 1.29 is 0 Å². The van der Waals surface area contributed by atoms with E-state index in [2.05, 4.69) is 55.4 Å². The summed E-state index contributed by atoms with van der Waals surface area (Å²) in [6.45, 7) is 19.4. The van der Waals surface area contributed by atoms with Crippen molar-refractivity contribution in [2.45, 2.75) is 55.4 Å². The molecule has 1 aliphatic carbocycles. The third-order valence-electron chi connectivity index (χ3n) is 4.54. The minimum absolute atomic E-state index is 0.534. The summed E-state index contributed by atoms with van der Waals surface area (Å²) in [5, 5.41) is 0. The van der Waals surface area contributed by atoms with Crippen LogP contribution in [0, 0.1) is 34.5 Å². The lowest BCUT2D eigenvalue weighted by Gasteiger charge is -2.68. The van der Waals surface area contributed by atoms with E-state index < -0.39 is 0 Å². The van der Waals surface area contributed by atoms with Crippen LogP contribution in [0.4, 0.5) is 0 Å². The number of rotatable bonds is 2. The topological polar surface area (TPSA) is 0 Å². The zero-order valence-electron chi connectivity index (χ0n) is 11.3. The van der Waals surface area contributed by atoms with E-state index in [9.17, 15) is 0 Å². The summed E-state index contributed by atoms with van der Waals surface area (Å²) >= 11 is 0. The molecule has 1 aliphatic rings. The van der Waals surface area contributed by atoms with Gasteiger partial charge in [0.1, 0.15) is 0 Å². The van der Waals surface area contributed by atoms with Crippen LogP contribution >= 0.6 is 0 Å².